The molecule has 0 aromatic heterocycles. The van der Waals surface area contributed by atoms with Gasteiger partial charge in [-0.25, -0.2) is 0 Å². The van der Waals surface area contributed by atoms with Gasteiger partial charge >= 0.3 is 0 Å². The van der Waals surface area contributed by atoms with Gasteiger partial charge in [0.15, 0.2) is 0 Å². The van der Waals surface area contributed by atoms with Gasteiger partial charge in [-0.05, 0) is 47.4 Å². The van der Waals surface area contributed by atoms with Crippen LogP contribution in [0.25, 0.3) is 10.8 Å². The van der Waals surface area contributed by atoms with E-state index >= 15 is 0 Å². The number of hydrogen-bond donors (Lipinski definition) is 1. The highest BCUT2D eigenvalue weighted by atomic mass is 16.5. The smallest absolute Gasteiger partial charge is 0.220 e. The fourth-order valence-corrected chi connectivity index (χ4v) is 3.07. The van der Waals surface area contributed by atoms with Gasteiger partial charge in [-0.1, -0.05) is 54.6 Å². The number of fused-ring (bicyclic) bond motifs is 1. The number of ether oxygens (including phenoxy) is 1. The molecule has 0 aliphatic carbocycles. The first-order valence-electron chi connectivity index (χ1n) is 8.57. The minimum Gasteiger partial charge on any atom is -0.497 e. The molecule has 0 spiro atoms. The Kier molecular flexibility index (Phi) is 5.34. The Morgan fingerprint density at radius 3 is 2.48 bits per heavy atom. The van der Waals surface area contributed by atoms with Crippen molar-refractivity contribution in [3.63, 3.8) is 0 Å². The quantitative estimate of drug-likeness (QED) is 0.712. The average molecular weight is 333 g/mol. The summed E-state index contributed by atoms with van der Waals surface area (Å²) in [5.74, 6) is 0.897. The van der Waals surface area contributed by atoms with Crippen LogP contribution in [0.5, 0.6) is 5.75 Å². The van der Waals surface area contributed by atoms with Crippen molar-refractivity contribution < 1.29 is 9.53 Å². The van der Waals surface area contributed by atoms with Gasteiger partial charge in [0, 0.05) is 6.42 Å². The van der Waals surface area contributed by atoms with Crippen LogP contribution in [0.4, 0.5) is 0 Å². The van der Waals surface area contributed by atoms with E-state index in [9.17, 15) is 4.79 Å². The molecule has 0 saturated heterocycles. The zero-order valence-corrected chi connectivity index (χ0v) is 14.7. The summed E-state index contributed by atoms with van der Waals surface area (Å²) in [7, 11) is 1.65. The van der Waals surface area contributed by atoms with Crippen molar-refractivity contribution in [2.45, 2.75) is 25.8 Å². The number of amides is 1. The van der Waals surface area contributed by atoms with Gasteiger partial charge in [0.1, 0.15) is 5.75 Å². The molecular formula is C22H23NO2. The highest BCUT2D eigenvalue weighted by Gasteiger charge is 2.12. The van der Waals surface area contributed by atoms with Crippen LogP contribution < -0.4 is 10.1 Å². The largest absolute Gasteiger partial charge is 0.497 e. The van der Waals surface area contributed by atoms with Crippen LogP contribution in [-0.4, -0.2) is 13.0 Å². The van der Waals surface area contributed by atoms with E-state index in [1.165, 1.54) is 10.8 Å². The lowest BCUT2D eigenvalue weighted by atomic mass is 9.99. The fraction of sp³-hybridized carbons (Fsp3) is 0.227. The van der Waals surface area contributed by atoms with E-state index in [0.717, 1.165) is 23.3 Å². The van der Waals surface area contributed by atoms with Gasteiger partial charge in [-0.2, -0.15) is 0 Å². The maximum Gasteiger partial charge on any atom is 0.220 e. The second-order valence-electron chi connectivity index (χ2n) is 6.21. The monoisotopic (exact) mass is 333 g/mol. The molecule has 3 nitrogen and oxygen atoms in total. The van der Waals surface area contributed by atoms with Crippen molar-refractivity contribution in [2.24, 2.45) is 0 Å². The topological polar surface area (TPSA) is 38.3 Å². The molecule has 25 heavy (non-hydrogen) atoms. The Morgan fingerprint density at radius 2 is 1.72 bits per heavy atom. The van der Waals surface area contributed by atoms with Gasteiger partial charge < -0.3 is 10.1 Å². The van der Waals surface area contributed by atoms with Crippen LogP contribution >= 0.6 is 0 Å². The second kappa shape index (κ2) is 7.84. The Hall–Kier alpha value is -2.81. The summed E-state index contributed by atoms with van der Waals surface area (Å²) in [6.07, 6.45) is 1.19. The Bertz CT molecular complexity index is 850. The van der Waals surface area contributed by atoms with E-state index in [-0.39, 0.29) is 11.9 Å². The molecule has 0 bridgehead atoms. The lowest BCUT2D eigenvalue weighted by Crippen LogP contribution is -2.26. The third kappa shape index (κ3) is 4.18. The van der Waals surface area contributed by atoms with Crippen LogP contribution in [0.1, 0.15) is 30.5 Å². The second-order valence-corrected chi connectivity index (χ2v) is 6.21. The van der Waals surface area contributed by atoms with E-state index in [0.29, 0.717) is 6.42 Å². The van der Waals surface area contributed by atoms with Gasteiger partial charge in [-0.3, -0.25) is 4.79 Å². The van der Waals surface area contributed by atoms with Gasteiger partial charge in [0.05, 0.1) is 13.2 Å². The molecule has 3 aromatic carbocycles. The van der Waals surface area contributed by atoms with Gasteiger partial charge in [0.2, 0.25) is 5.91 Å². The van der Waals surface area contributed by atoms with Crippen LogP contribution in [0.2, 0.25) is 0 Å². The molecule has 3 aromatic rings. The molecule has 0 aliphatic rings. The maximum absolute atomic E-state index is 12.3. The van der Waals surface area contributed by atoms with Crippen molar-refractivity contribution in [1.29, 1.82) is 0 Å². The third-order valence-corrected chi connectivity index (χ3v) is 4.47. The van der Waals surface area contributed by atoms with Crippen LogP contribution in [0.15, 0.2) is 66.7 Å². The SMILES string of the molecule is COc1ccc(CCC(=O)NC(C)c2cccc3ccccc23)cc1. The number of carbonyl (C=O) groups is 1. The Morgan fingerprint density at radius 1 is 1.00 bits per heavy atom. The summed E-state index contributed by atoms with van der Waals surface area (Å²) >= 11 is 0. The summed E-state index contributed by atoms with van der Waals surface area (Å²) in [4.78, 5) is 12.3. The van der Waals surface area contributed by atoms with Crippen LogP contribution in [-0.2, 0) is 11.2 Å². The van der Waals surface area contributed by atoms with E-state index in [4.69, 9.17) is 4.74 Å². The first-order valence-corrected chi connectivity index (χ1v) is 8.57. The molecular weight excluding hydrogens is 310 g/mol. The first-order chi connectivity index (χ1) is 12.2. The van der Waals surface area contributed by atoms with Gasteiger partial charge in [-0.15, -0.1) is 0 Å². The normalized spacial score (nSPS) is 11.9. The molecule has 1 N–H and O–H groups in total. The van der Waals surface area contributed by atoms with Crippen molar-refractivity contribution >= 4 is 16.7 Å². The fourth-order valence-electron chi connectivity index (χ4n) is 3.07. The summed E-state index contributed by atoms with van der Waals surface area (Å²) in [6.45, 7) is 2.03. The zero-order chi connectivity index (χ0) is 17.6. The highest BCUT2D eigenvalue weighted by molar-refractivity contribution is 5.86. The number of methoxy groups -OCH3 is 1. The molecule has 3 heteroatoms. The van der Waals surface area contributed by atoms with E-state index in [2.05, 4.69) is 29.6 Å². The summed E-state index contributed by atoms with van der Waals surface area (Å²) in [5.41, 5.74) is 2.28. The Balaban J connectivity index is 1.61. The predicted octanol–water partition coefficient (Wildman–Crippen LogP) is 4.66. The lowest BCUT2D eigenvalue weighted by molar-refractivity contribution is -0.121. The van der Waals surface area contributed by atoms with E-state index in [1.54, 1.807) is 7.11 Å². The number of nitrogens with one attached hydrogen (secondary N) is 1. The minimum atomic E-state index is -0.0190. The molecule has 0 aliphatic heterocycles. The van der Waals surface area contributed by atoms with Crippen molar-refractivity contribution in [2.75, 3.05) is 7.11 Å². The standard InChI is InChI=1S/C22H23NO2/c1-16(20-9-5-7-18-6-3-4-8-21(18)20)23-22(24)15-12-17-10-13-19(25-2)14-11-17/h3-11,13-14,16H,12,15H2,1-2H3,(H,23,24). The summed E-state index contributed by atoms with van der Waals surface area (Å²) in [6, 6.07) is 22.3. The van der Waals surface area contributed by atoms with E-state index < -0.39 is 0 Å². The molecule has 3 rings (SSSR count). The van der Waals surface area contributed by atoms with Crippen molar-refractivity contribution in [1.82, 2.24) is 5.32 Å². The molecule has 128 valence electrons. The first kappa shape index (κ1) is 17.0. The number of benzene rings is 3. The lowest BCUT2D eigenvalue weighted by Gasteiger charge is -2.16. The highest BCUT2D eigenvalue weighted by Crippen LogP contribution is 2.24. The summed E-state index contributed by atoms with van der Waals surface area (Å²) in [5, 5.41) is 5.50. The van der Waals surface area contributed by atoms with E-state index in [1.807, 2.05) is 49.4 Å². The van der Waals surface area contributed by atoms with Gasteiger partial charge in [0.25, 0.3) is 0 Å². The molecule has 1 unspecified atom stereocenters. The number of carbonyl (C=O) groups excluding carboxylic acids is 1. The van der Waals surface area contributed by atoms with Crippen LogP contribution in [0, 0.1) is 0 Å². The van der Waals surface area contributed by atoms with Crippen molar-refractivity contribution in [3.8, 4) is 5.75 Å². The minimum absolute atomic E-state index is 0.0190. The van der Waals surface area contributed by atoms with Crippen LogP contribution in [0.3, 0.4) is 0 Å². The maximum atomic E-state index is 12.3. The number of aryl methyl sites for hydroxylation is 1. The van der Waals surface area contributed by atoms with Crippen molar-refractivity contribution in [3.05, 3.63) is 77.9 Å². The predicted molar refractivity (Wildman–Crippen MR) is 102 cm³/mol. The summed E-state index contributed by atoms with van der Waals surface area (Å²) < 4.78 is 5.15. The molecule has 0 saturated carbocycles. The molecule has 0 fully saturated rings. The third-order valence-electron chi connectivity index (χ3n) is 4.47. The Labute approximate surface area is 148 Å². The average Bonchev–Trinajstić information content (AvgIpc) is 2.66. The zero-order valence-electron chi connectivity index (χ0n) is 14.7. The number of hydrogen-bond acceptors (Lipinski definition) is 2. The molecule has 1 amide bonds. The molecule has 0 radical (unpaired) electrons. The number of rotatable bonds is 6. The molecule has 1 atom stereocenters. The molecule has 0 heterocycles.